The van der Waals surface area contributed by atoms with Gasteiger partial charge in [-0.25, -0.2) is 4.39 Å². The van der Waals surface area contributed by atoms with Gasteiger partial charge in [-0.15, -0.1) is 0 Å². The Morgan fingerprint density at radius 2 is 2.12 bits per heavy atom. The molecule has 0 radical (unpaired) electrons. The van der Waals surface area contributed by atoms with Gasteiger partial charge in [0.05, 0.1) is 19.8 Å². The van der Waals surface area contributed by atoms with E-state index in [0.29, 0.717) is 6.61 Å². The number of ether oxygens (including phenoxy) is 2. The van der Waals surface area contributed by atoms with Gasteiger partial charge < -0.3 is 20.3 Å². The van der Waals surface area contributed by atoms with Crippen LogP contribution in [0.2, 0.25) is 0 Å². The first-order chi connectivity index (χ1) is 8.15. The van der Waals surface area contributed by atoms with Gasteiger partial charge in [-0.05, 0) is 24.6 Å². The van der Waals surface area contributed by atoms with Crippen molar-refractivity contribution < 1.29 is 19.0 Å². The molecule has 1 rings (SSSR count). The topological polar surface area (TPSA) is 64.7 Å². The first-order valence-electron chi connectivity index (χ1n) is 5.51. The maximum absolute atomic E-state index is 13.5. The minimum Gasteiger partial charge on any atom is -0.488 e. The molecule has 0 amide bonds. The fraction of sp³-hybridized carbons (Fsp3) is 0.500. The highest BCUT2D eigenvalue weighted by Crippen LogP contribution is 2.20. The molecule has 0 saturated heterocycles. The number of aliphatic hydroxyl groups excluding tert-OH is 1. The fourth-order valence-corrected chi connectivity index (χ4v) is 1.29. The van der Waals surface area contributed by atoms with Crippen LogP contribution in [0.5, 0.6) is 5.75 Å². The molecule has 4 nitrogen and oxygen atoms in total. The van der Waals surface area contributed by atoms with E-state index in [2.05, 4.69) is 0 Å². The standard InChI is InChI=1S/C12H18FNO3/c1-9(14)10-2-3-12(11(13)8-10)17-7-6-16-5-4-15/h2-3,8-9,15H,4-7,14H2,1H3/t9-/m0/s1. The summed E-state index contributed by atoms with van der Waals surface area (Å²) in [6.45, 7) is 2.58. The summed E-state index contributed by atoms with van der Waals surface area (Å²) in [5.74, 6) is -0.246. The molecule has 96 valence electrons. The molecule has 3 N–H and O–H groups in total. The fourth-order valence-electron chi connectivity index (χ4n) is 1.29. The van der Waals surface area contributed by atoms with Crippen molar-refractivity contribution in [3.63, 3.8) is 0 Å². The highest BCUT2D eigenvalue weighted by molar-refractivity contribution is 5.30. The molecule has 17 heavy (non-hydrogen) atoms. The third kappa shape index (κ3) is 4.68. The van der Waals surface area contributed by atoms with Gasteiger partial charge in [0.25, 0.3) is 0 Å². The maximum atomic E-state index is 13.5. The van der Waals surface area contributed by atoms with Crippen molar-refractivity contribution in [2.75, 3.05) is 26.4 Å². The first-order valence-corrected chi connectivity index (χ1v) is 5.51. The third-order valence-corrected chi connectivity index (χ3v) is 2.20. The average molecular weight is 243 g/mol. The van der Waals surface area contributed by atoms with Crippen molar-refractivity contribution in [3.8, 4) is 5.75 Å². The van der Waals surface area contributed by atoms with E-state index >= 15 is 0 Å². The van der Waals surface area contributed by atoms with E-state index in [4.69, 9.17) is 20.3 Å². The summed E-state index contributed by atoms with van der Waals surface area (Å²) in [6.07, 6.45) is 0. The Labute approximate surface area is 100 Å². The molecule has 0 fully saturated rings. The van der Waals surface area contributed by atoms with E-state index < -0.39 is 5.82 Å². The van der Waals surface area contributed by atoms with Crippen LogP contribution in [0.25, 0.3) is 0 Å². The number of hydrogen-bond acceptors (Lipinski definition) is 4. The molecule has 0 bridgehead atoms. The molecule has 5 heteroatoms. The van der Waals surface area contributed by atoms with E-state index in [1.54, 1.807) is 19.1 Å². The summed E-state index contributed by atoms with van der Waals surface area (Å²) in [5, 5.41) is 8.47. The zero-order valence-corrected chi connectivity index (χ0v) is 9.86. The smallest absolute Gasteiger partial charge is 0.165 e. The third-order valence-electron chi connectivity index (χ3n) is 2.20. The van der Waals surface area contributed by atoms with Crippen molar-refractivity contribution in [1.82, 2.24) is 0 Å². The van der Waals surface area contributed by atoms with Gasteiger partial charge in [0.1, 0.15) is 6.61 Å². The molecule has 0 spiro atoms. The zero-order chi connectivity index (χ0) is 12.7. The molecule has 1 aromatic rings. The number of aliphatic hydroxyl groups is 1. The van der Waals surface area contributed by atoms with E-state index in [9.17, 15) is 4.39 Å². The van der Waals surface area contributed by atoms with Crippen LogP contribution in [0.1, 0.15) is 18.5 Å². The highest BCUT2D eigenvalue weighted by Gasteiger charge is 2.06. The summed E-state index contributed by atoms with van der Waals surface area (Å²) in [4.78, 5) is 0. The summed E-state index contributed by atoms with van der Waals surface area (Å²) >= 11 is 0. The van der Waals surface area contributed by atoms with E-state index in [-0.39, 0.29) is 31.6 Å². The normalized spacial score (nSPS) is 12.5. The summed E-state index contributed by atoms with van der Waals surface area (Å²) in [5.41, 5.74) is 6.36. The lowest BCUT2D eigenvalue weighted by atomic mass is 10.1. The van der Waals surface area contributed by atoms with Crippen molar-refractivity contribution in [2.24, 2.45) is 5.73 Å². The number of hydrogen-bond donors (Lipinski definition) is 2. The Kier molecular flexibility index (Phi) is 5.90. The van der Waals surface area contributed by atoms with Crippen molar-refractivity contribution >= 4 is 0 Å². The Hall–Kier alpha value is -1.17. The van der Waals surface area contributed by atoms with Crippen LogP contribution in [0.15, 0.2) is 18.2 Å². The van der Waals surface area contributed by atoms with E-state index in [1.165, 1.54) is 6.07 Å². The van der Waals surface area contributed by atoms with Crippen LogP contribution in [0.4, 0.5) is 4.39 Å². The van der Waals surface area contributed by atoms with Crippen LogP contribution < -0.4 is 10.5 Å². The molecule has 0 aliphatic rings. The molecule has 0 unspecified atom stereocenters. The lowest BCUT2D eigenvalue weighted by Gasteiger charge is -2.10. The lowest BCUT2D eigenvalue weighted by Crippen LogP contribution is -2.10. The van der Waals surface area contributed by atoms with Crippen LogP contribution >= 0.6 is 0 Å². The SMILES string of the molecule is C[C@H](N)c1ccc(OCCOCCO)c(F)c1. The van der Waals surface area contributed by atoms with Crippen LogP contribution in [0.3, 0.4) is 0 Å². The Morgan fingerprint density at radius 3 is 2.71 bits per heavy atom. The largest absolute Gasteiger partial charge is 0.488 e. The van der Waals surface area contributed by atoms with Crippen molar-refractivity contribution in [3.05, 3.63) is 29.6 Å². The minimum atomic E-state index is -0.429. The predicted octanol–water partition coefficient (Wildman–Crippen LogP) is 1.23. The van der Waals surface area contributed by atoms with Crippen LogP contribution in [-0.2, 0) is 4.74 Å². The summed E-state index contributed by atoms with van der Waals surface area (Å²) < 4.78 is 23.7. The predicted molar refractivity (Wildman–Crippen MR) is 62.4 cm³/mol. The van der Waals surface area contributed by atoms with Crippen LogP contribution in [-0.4, -0.2) is 31.5 Å². The molecule has 1 aromatic carbocycles. The van der Waals surface area contributed by atoms with Gasteiger partial charge in [0.15, 0.2) is 11.6 Å². The lowest BCUT2D eigenvalue weighted by molar-refractivity contribution is 0.0696. The van der Waals surface area contributed by atoms with Gasteiger partial charge in [-0.1, -0.05) is 6.07 Å². The molecule has 0 aliphatic heterocycles. The first kappa shape index (κ1) is 13.9. The Bertz CT molecular complexity index is 345. The Morgan fingerprint density at radius 1 is 1.35 bits per heavy atom. The molecular weight excluding hydrogens is 225 g/mol. The monoisotopic (exact) mass is 243 g/mol. The van der Waals surface area contributed by atoms with Gasteiger partial charge in [-0.2, -0.15) is 0 Å². The summed E-state index contributed by atoms with van der Waals surface area (Å²) in [6, 6.07) is 4.46. The minimum absolute atomic E-state index is 0.0303. The van der Waals surface area contributed by atoms with Gasteiger partial charge in [0.2, 0.25) is 0 Å². The second-order valence-electron chi connectivity index (χ2n) is 3.66. The van der Waals surface area contributed by atoms with Crippen molar-refractivity contribution in [1.29, 1.82) is 0 Å². The molecule has 0 aromatic heterocycles. The van der Waals surface area contributed by atoms with E-state index in [0.717, 1.165) is 5.56 Å². The molecule has 0 saturated carbocycles. The number of nitrogens with two attached hydrogens (primary N) is 1. The van der Waals surface area contributed by atoms with Gasteiger partial charge in [-0.3, -0.25) is 0 Å². The number of halogens is 1. The van der Waals surface area contributed by atoms with Crippen LogP contribution in [0, 0.1) is 5.82 Å². The van der Waals surface area contributed by atoms with Gasteiger partial charge in [0, 0.05) is 6.04 Å². The molecule has 0 heterocycles. The summed E-state index contributed by atoms with van der Waals surface area (Å²) in [7, 11) is 0. The average Bonchev–Trinajstić information content (AvgIpc) is 2.30. The number of rotatable bonds is 7. The zero-order valence-electron chi connectivity index (χ0n) is 9.86. The quantitative estimate of drug-likeness (QED) is 0.707. The highest BCUT2D eigenvalue weighted by atomic mass is 19.1. The molecular formula is C12H18FNO3. The Balaban J connectivity index is 2.43. The van der Waals surface area contributed by atoms with Gasteiger partial charge >= 0.3 is 0 Å². The maximum Gasteiger partial charge on any atom is 0.165 e. The van der Waals surface area contributed by atoms with E-state index in [1.807, 2.05) is 0 Å². The van der Waals surface area contributed by atoms with Crippen molar-refractivity contribution in [2.45, 2.75) is 13.0 Å². The second-order valence-corrected chi connectivity index (χ2v) is 3.66. The number of benzene rings is 1. The molecule has 0 aliphatic carbocycles. The second kappa shape index (κ2) is 7.21. The molecule has 1 atom stereocenters.